The Labute approximate surface area is 86.7 Å². The Morgan fingerprint density at radius 2 is 2.14 bits per heavy atom. The Balaban J connectivity index is 0.000000791. The maximum Gasteiger partial charge on any atom is 0.0693 e. The zero-order valence-corrected chi connectivity index (χ0v) is 9.70. The molecule has 1 rings (SSSR count). The summed E-state index contributed by atoms with van der Waals surface area (Å²) in [5, 5.41) is 10.9. The van der Waals surface area contributed by atoms with Gasteiger partial charge in [-0.1, -0.05) is 26.0 Å². The monoisotopic (exact) mass is 198 g/mol. The predicted octanol–water partition coefficient (Wildman–Crippen LogP) is 1.86. The number of rotatable bonds is 5. The fourth-order valence-corrected chi connectivity index (χ4v) is 1.25. The molecule has 1 heterocycles. The van der Waals surface area contributed by atoms with Gasteiger partial charge in [0.1, 0.15) is 0 Å². The minimum absolute atomic E-state index is 0.486. The molecule has 4 heteroatoms. The van der Waals surface area contributed by atoms with Gasteiger partial charge < -0.3 is 5.32 Å². The molecule has 1 N–H and O–H groups in total. The van der Waals surface area contributed by atoms with E-state index < -0.39 is 0 Å². The molecule has 1 aromatic heterocycles. The smallest absolute Gasteiger partial charge is 0.0693 e. The van der Waals surface area contributed by atoms with Crippen molar-refractivity contribution < 1.29 is 0 Å². The summed E-state index contributed by atoms with van der Waals surface area (Å²) in [6.07, 6.45) is 5.85. The summed E-state index contributed by atoms with van der Waals surface area (Å²) in [5.41, 5.74) is 0. The van der Waals surface area contributed by atoms with Crippen molar-refractivity contribution in [1.82, 2.24) is 20.3 Å². The average molecular weight is 198 g/mol. The van der Waals surface area contributed by atoms with Crippen LogP contribution in [0.25, 0.3) is 0 Å². The van der Waals surface area contributed by atoms with Gasteiger partial charge in [0, 0.05) is 6.20 Å². The van der Waals surface area contributed by atoms with Gasteiger partial charge in [0.2, 0.25) is 0 Å². The van der Waals surface area contributed by atoms with Crippen LogP contribution in [0, 0.1) is 0 Å². The van der Waals surface area contributed by atoms with Crippen LogP contribution in [-0.2, 0) is 0 Å². The molecule has 1 unspecified atom stereocenters. The van der Waals surface area contributed by atoms with Crippen molar-refractivity contribution in [2.75, 3.05) is 13.6 Å². The summed E-state index contributed by atoms with van der Waals surface area (Å²) >= 11 is 0. The zero-order chi connectivity index (χ0) is 10.8. The third-order valence-corrected chi connectivity index (χ3v) is 2.01. The number of nitrogens with zero attached hydrogens (tertiary/aromatic N) is 3. The molecule has 4 nitrogen and oxygen atoms in total. The van der Waals surface area contributed by atoms with E-state index in [0.29, 0.717) is 6.04 Å². The highest BCUT2D eigenvalue weighted by molar-refractivity contribution is 4.71. The third-order valence-electron chi connectivity index (χ3n) is 2.01. The van der Waals surface area contributed by atoms with Crippen molar-refractivity contribution in [2.24, 2.45) is 0 Å². The van der Waals surface area contributed by atoms with Crippen LogP contribution in [0.5, 0.6) is 0 Å². The van der Waals surface area contributed by atoms with Crippen LogP contribution < -0.4 is 5.32 Å². The lowest BCUT2D eigenvalue weighted by Crippen LogP contribution is -2.16. The summed E-state index contributed by atoms with van der Waals surface area (Å²) < 4.78 is 1.93. The Morgan fingerprint density at radius 1 is 1.43 bits per heavy atom. The van der Waals surface area contributed by atoms with Crippen LogP contribution in [0.15, 0.2) is 12.4 Å². The molecular formula is C10H22N4. The Bertz CT molecular complexity index is 196. The van der Waals surface area contributed by atoms with Crippen LogP contribution in [0.3, 0.4) is 0 Å². The molecule has 14 heavy (non-hydrogen) atoms. The first-order valence-electron chi connectivity index (χ1n) is 5.39. The van der Waals surface area contributed by atoms with E-state index in [2.05, 4.69) is 22.6 Å². The molecule has 0 bridgehead atoms. The van der Waals surface area contributed by atoms with Gasteiger partial charge in [-0.3, -0.25) is 0 Å². The molecule has 82 valence electrons. The zero-order valence-electron chi connectivity index (χ0n) is 9.70. The van der Waals surface area contributed by atoms with Gasteiger partial charge in [0.25, 0.3) is 0 Å². The lowest BCUT2D eigenvalue weighted by atomic mass is 10.1. The molecule has 0 aromatic carbocycles. The molecule has 0 saturated carbocycles. The highest BCUT2D eigenvalue weighted by atomic mass is 15.4. The second kappa shape index (κ2) is 8.69. The van der Waals surface area contributed by atoms with Crippen LogP contribution in [0.4, 0.5) is 0 Å². The summed E-state index contributed by atoms with van der Waals surface area (Å²) in [6, 6.07) is 0.486. The second-order valence-electron chi connectivity index (χ2n) is 2.84. The summed E-state index contributed by atoms with van der Waals surface area (Å²) in [7, 11) is 1.97. The number of nitrogens with one attached hydrogen (secondary N) is 1. The summed E-state index contributed by atoms with van der Waals surface area (Å²) in [5.74, 6) is 0. The largest absolute Gasteiger partial charge is 0.320 e. The van der Waals surface area contributed by atoms with E-state index in [1.807, 2.05) is 31.8 Å². The molecule has 0 amide bonds. The van der Waals surface area contributed by atoms with E-state index in [0.717, 1.165) is 19.4 Å². The maximum atomic E-state index is 3.98. The topological polar surface area (TPSA) is 42.7 Å². The lowest BCUT2D eigenvalue weighted by molar-refractivity contribution is 0.399. The van der Waals surface area contributed by atoms with E-state index >= 15 is 0 Å². The fraction of sp³-hybridized carbons (Fsp3) is 0.800. The van der Waals surface area contributed by atoms with Crippen molar-refractivity contribution in [3.05, 3.63) is 12.4 Å². The van der Waals surface area contributed by atoms with Crippen molar-refractivity contribution >= 4 is 0 Å². The van der Waals surface area contributed by atoms with Gasteiger partial charge in [-0.25, -0.2) is 4.68 Å². The number of hydrogen-bond acceptors (Lipinski definition) is 3. The van der Waals surface area contributed by atoms with Gasteiger partial charge >= 0.3 is 0 Å². The van der Waals surface area contributed by atoms with Gasteiger partial charge in [-0.15, -0.1) is 5.10 Å². The molecule has 0 saturated heterocycles. The Morgan fingerprint density at radius 3 is 2.57 bits per heavy atom. The first-order valence-corrected chi connectivity index (χ1v) is 5.39. The highest BCUT2D eigenvalue weighted by Crippen LogP contribution is 2.12. The second-order valence-corrected chi connectivity index (χ2v) is 2.84. The first kappa shape index (κ1) is 13.1. The van der Waals surface area contributed by atoms with Crippen molar-refractivity contribution in [3.8, 4) is 0 Å². The van der Waals surface area contributed by atoms with Crippen molar-refractivity contribution in [2.45, 2.75) is 39.7 Å². The van der Waals surface area contributed by atoms with E-state index in [-0.39, 0.29) is 0 Å². The Kier molecular flexibility index (Phi) is 8.13. The molecule has 0 radical (unpaired) electrons. The van der Waals surface area contributed by atoms with Crippen LogP contribution in [0.1, 0.15) is 39.7 Å². The number of hydrogen-bond donors (Lipinski definition) is 1. The van der Waals surface area contributed by atoms with E-state index in [4.69, 9.17) is 0 Å². The van der Waals surface area contributed by atoms with Crippen molar-refractivity contribution in [3.63, 3.8) is 0 Å². The SMILES string of the molecule is CC.CCC(CCNC)n1ccnn1. The van der Waals surface area contributed by atoms with Gasteiger partial charge in [-0.05, 0) is 26.4 Å². The average Bonchev–Trinajstić information content (AvgIpc) is 2.76. The van der Waals surface area contributed by atoms with Crippen LogP contribution in [-0.4, -0.2) is 28.6 Å². The van der Waals surface area contributed by atoms with Crippen LogP contribution in [0.2, 0.25) is 0 Å². The van der Waals surface area contributed by atoms with E-state index in [9.17, 15) is 0 Å². The van der Waals surface area contributed by atoms with Crippen molar-refractivity contribution in [1.29, 1.82) is 0 Å². The number of aromatic nitrogens is 3. The molecule has 1 aromatic rings. The quantitative estimate of drug-likeness (QED) is 0.785. The van der Waals surface area contributed by atoms with Gasteiger partial charge in [0.15, 0.2) is 0 Å². The molecule has 0 spiro atoms. The summed E-state index contributed by atoms with van der Waals surface area (Å²) in [6.45, 7) is 7.19. The molecule has 0 fully saturated rings. The van der Waals surface area contributed by atoms with Gasteiger partial charge in [0.05, 0.1) is 12.2 Å². The van der Waals surface area contributed by atoms with Gasteiger partial charge in [-0.2, -0.15) is 0 Å². The minimum atomic E-state index is 0.486. The molecule has 0 aliphatic heterocycles. The molecule has 1 atom stereocenters. The van der Waals surface area contributed by atoms with Crippen LogP contribution >= 0.6 is 0 Å². The minimum Gasteiger partial charge on any atom is -0.320 e. The normalized spacial score (nSPS) is 11.7. The Hall–Kier alpha value is -0.900. The fourth-order valence-electron chi connectivity index (χ4n) is 1.25. The van der Waals surface area contributed by atoms with E-state index in [1.54, 1.807) is 6.20 Å². The molecule has 0 aliphatic carbocycles. The lowest BCUT2D eigenvalue weighted by Gasteiger charge is -2.13. The standard InChI is InChI=1S/C8H16N4.C2H6/c1-3-8(4-5-9-2)12-7-6-10-11-12;1-2/h6-9H,3-5H2,1-2H3;1-2H3. The molecular weight excluding hydrogens is 176 g/mol. The molecule has 0 aliphatic rings. The predicted molar refractivity (Wildman–Crippen MR) is 59.2 cm³/mol. The first-order chi connectivity index (χ1) is 6.88. The highest BCUT2D eigenvalue weighted by Gasteiger charge is 2.07. The summed E-state index contributed by atoms with van der Waals surface area (Å²) in [4.78, 5) is 0. The third kappa shape index (κ3) is 4.37. The van der Waals surface area contributed by atoms with E-state index in [1.165, 1.54) is 0 Å². The maximum absolute atomic E-state index is 3.98.